The summed E-state index contributed by atoms with van der Waals surface area (Å²) in [7, 11) is 0. The molecule has 0 amide bonds. The second-order valence-electron chi connectivity index (χ2n) is 4.35. The van der Waals surface area contributed by atoms with E-state index in [-0.39, 0.29) is 0 Å². The SMILES string of the molecule is Cc1ncsc1C(C)NCCc1ccc(Cl)cc1. The van der Waals surface area contributed by atoms with Crippen molar-refractivity contribution in [1.82, 2.24) is 10.3 Å². The van der Waals surface area contributed by atoms with Gasteiger partial charge in [0, 0.05) is 15.9 Å². The maximum atomic E-state index is 5.86. The average molecular weight is 281 g/mol. The van der Waals surface area contributed by atoms with E-state index in [4.69, 9.17) is 11.6 Å². The van der Waals surface area contributed by atoms with Crippen molar-refractivity contribution < 1.29 is 0 Å². The van der Waals surface area contributed by atoms with Gasteiger partial charge in [0.15, 0.2) is 0 Å². The van der Waals surface area contributed by atoms with Crippen LogP contribution < -0.4 is 5.32 Å². The summed E-state index contributed by atoms with van der Waals surface area (Å²) in [5.41, 5.74) is 4.34. The van der Waals surface area contributed by atoms with E-state index in [9.17, 15) is 0 Å². The molecule has 1 heterocycles. The second kappa shape index (κ2) is 6.32. The molecule has 1 aromatic heterocycles. The maximum Gasteiger partial charge on any atom is 0.0798 e. The van der Waals surface area contributed by atoms with Crippen molar-refractivity contribution in [2.24, 2.45) is 0 Å². The molecule has 0 bridgehead atoms. The molecule has 0 radical (unpaired) electrons. The lowest BCUT2D eigenvalue weighted by Gasteiger charge is -2.12. The molecule has 18 heavy (non-hydrogen) atoms. The van der Waals surface area contributed by atoms with Gasteiger partial charge in [-0.25, -0.2) is 4.98 Å². The number of benzene rings is 1. The fraction of sp³-hybridized carbons (Fsp3) is 0.357. The van der Waals surface area contributed by atoms with Crippen LogP contribution in [0.15, 0.2) is 29.8 Å². The summed E-state index contributed by atoms with van der Waals surface area (Å²) in [6, 6.07) is 8.39. The third-order valence-corrected chi connectivity index (χ3v) is 4.32. The molecule has 0 aliphatic carbocycles. The van der Waals surface area contributed by atoms with E-state index in [1.807, 2.05) is 17.6 Å². The fourth-order valence-corrected chi connectivity index (χ4v) is 2.86. The number of nitrogens with one attached hydrogen (secondary N) is 1. The number of hydrogen-bond donors (Lipinski definition) is 1. The van der Waals surface area contributed by atoms with Crippen molar-refractivity contribution in [2.45, 2.75) is 26.3 Å². The van der Waals surface area contributed by atoms with Crippen molar-refractivity contribution in [1.29, 1.82) is 0 Å². The zero-order valence-corrected chi connectivity index (χ0v) is 12.2. The molecule has 0 aliphatic heterocycles. The predicted molar refractivity (Wildman–Crippen MR) is 78.4 cm³/mol. The van der Waals surface area contributed by atoms with Crippen LogP contribution in [0.4, 0.5) is 0 Å². The minimum Gasteiger partial charge on any atom is -0.309 e. The summed E-state index contributed by atoms with van der Waals surface area (Å²) in [5, 5.41) is 4.32. The standard InChI is InChI=1S/C14H17ClN2S/c1-10(14-11(2)17-9-18-14)16-8-7-12-3-5-13(15)6-4-12/h3-6,9-10,16H,7-8H2,1-2H3. The van der Waals surface area contributed by atoms with Gasteiger partial charge in [-0.3, -0.25) is 0 Å². The van der Waals surface area contributed by atoms with Gasteiger partial charge in [-0.2, -0.15) is 0 Å². The largest absolute Gasteiger partial charge is 0.309 e. The monoisotopic (exact) mass is 280 g/mol. The lowest BCUT2D eigenvalue weighted by atomic mass is 10.1. The smallest absolute Gasteiger partial charge is 0.0798 e. The van der Waals surface area contributed by atoms with Gasteiger partial charge in [0.1, 0.15) is 0 Å². The van der Waals surface area contributed by atoms with Crippen LogP contribution >= 0.6 is 22.9 Å². The summed E-state index contributed by atoms with van der Waals surface area (Å²) >= 11 is 7.57. The van der Waals surface area contributed by atoms with E-state index in [0.717, 1.165) is 23.7 Å². The predicted octanol–water partition coefficient (Wildman–Crippen LogP) is 4.00. The summed E-state index contributed by atoms with van der Waals surface area (Å²) in [4.78, 5) is 5.60. The Balaban J connectivity index is 1.82. The Bertz CT molecular complexity index is 493. The molecular weight excluding hydrogens is 264 g/mol. The molecule has 96 valence electrons. The number of aryl methyl sites for hydroxylation is 1. The van der Waals surface area contributed by atoms with Gasteiger partial charge in [0.2, 0.25) is 0 Å². The van der Waals surface area contributed by atoms with Crippen LogP contribution in [0.5, 0.6) is 0 Å². The summed E-state index contributed by atoms with van der Waals surface area (Å²) in [6.45, 7) is 5.20. The fourth-order valence-electron chi connectivity index (χ4n) is 1.90. The van der Waals surface area contributed by atoms with Crippen LogP contribution in [-0.2, 0) is 6.42 Å². The number of hydrogen-bond acceptors (Lipinski definition) is 3. The molecule has 1 atom stereocenters. The number of nitrogens with zero attached hydrogens (tertiary/aromatic N) is 1. The van der Waals surface area contributed by atoms with Gasteiger partial charge in [-0.1, -0.05) is 23.7 Å². The third-order valence-electron chi connectivity index (χ3n) is 2.95. The van der Waals surface area contributed by atoms with Crippen molar-refractivity contribution in [3.05, 3.63) is 50.9 Å². The first kappa shape index (κ1) is 13.5. The van der Waals surface area contributed by atoms with E-state index in [1.54, 1.807) is 11.3 Å². The Hall–Kier alpha value is -0.900. The van der Waals surface area contributed by atoms with Crippen LogP contribution in [0.25, 0.3) is 0 Å². The van der Waals surface area contributed by atoms with Crippen LogP contribution in [-0.4, -0.2) is 11.5 Å². The molecule has 2 nitrogen and oxygen atoms in total. The third kappa shape index (κ3) is 3.55. The zero-order valence-electron chi connectivity index (χ0n) is 10.6. The van der Waals surface area contributed by atoms with Gasteiger partial charge < -0.3 is 5.32 Å². The lowest BCUT2D eigenvalue weighted by molar-refractivity contribution is 0.581. The van der Waals surface area contributed by atoms with E-state index >= 15 is 0 Å². The molecule has 4 heteroatoms. The van der Waals surface area contributed by atoms with Crippen molar-refractivity contribution in [3.8, 4) is 0 Å². The van der Waals surface area contributed by atoms with Gasteiger partial charge in [-0.15, -0.1) is 11.3 Å². The summed E-state index contributed by atoms with van der Waals surface area (Å²) in [6.07, 6.45) is 1.01. The van der Waals surface area contributed by atoms with Crippen LogP contribution in [0.3, 0.4) is 0 Å². The minimum absolute atomic E-state index is 0.366. The van der Waals surface area contributed by atoms with Gasteiger partial charge in [-0.05, 0) is 44.5 Å². The number of rotatable bonds is 5. The molecule has 0 saturated carbocycles. The highest BCUT2D eigenvalue weighted by Crippen LogP contribution is 2.20. The van der Waals surface area contributed by atoms with Crippen molar-refractivity contribution >= 4 is 22.9 Å². The minimum atomic E-state index is 0.366. The van der Waals surface area contributed by atoms with E-state index < -0.39 is 0 Å². The number of aromatic nitrogens is 1. The zero-order chi connectivity index (χ0) is 13.0. The molecule has 1 unspecified atom stereocenters. The maximum absolute atomic E-state index is 5.86. The van der Waals surface area contributed by atoms with Gasteiger partial charge in [0.05, 0.1) is 11.2 Å². The first-order chi connectivity index (χ1) is 8.66. The highest BCUT2D eigenvalue weighted by Gasteiger charge is 2.09. The molecule has 0 saturated heterocycles. The van der Waals surface area contributed by atoms with Crippen LogP contribution in [0, 0.1) is 6.92 Å². The Morgan fingerprint density at radius 3 is 2.67 bits per heavy atom. The van der Waals surface area contributed by atoms with Gasteiger partial charge >= 0.3 is 0 Å². The highest BCUT2D eigenvalue weighted by atomic mass is 35.5. The lowest BCUT2D eigenvalue weighted by Crippen LogP contribution is -2.21. The van der Waals surface area contributed by atoms with E-state index in [1.165, 1.54) is 10.4 Å². The first-order valence-corrected chi connectivity index (χ1v) is 7.30. The highest BCUT2D eigenvalue weighted by molar-refractivity contribution is 7.09. The molecule has 1 aromatic carbocycles. The van der Waals surface area contributed by atoms with E-state index in [2.05, 4.69) is 36.3 Å². The van der Waals surface area contributed by atoms with Crippen molar-refractivity contribution in [3.63, 3.8) is 0 Å². The van der Waals surface area contributed by atoms with Crippen molar-refractivity contribution in [2.75, 3.05) is 6.54 Å². The van der Waals surface area contributed by atoms with E-state index in [0.29, 0.717) is 6.04 Å². The molecule has 0 aliphatic rings. The Labute approximate surface area is 117 Å². The quantitative estimate of drug-likeness (QED) is 0.895. The number of thiazole rings is 1. The topological polar surface area (TPSA) is 24.9 Å². The Morgan fingerprint density at radius 2 is 2.06 bits per heavy atom. The Kier molecular flexibility index (Phi) is 4.75. The molecule has 0 fully saturated rings. The second-order valence-corrected chi connectivity index (χ2v) is 5.68. The average Bonchev–Trinajstić information content (AvgIpc) is 2.78. The molecular formula is C14H17ClN2S. The normalized spacial score (nSPS) is 12.6. The number of halogens is 1. The van der Waals surface area contributed by atoms with Gasteiger partial charge in [0.25, 0.3) is 0 Å². The molecule has 2 aromatic rings. The molecule has 1 N–H and O–H groups in total. The summed E-state index contributed by atoms with van der Waals surface area (Å²) in [5.74, 6) is 0. The molecule has 0 spiro atoms. The first-order valence-electron chi connectivity index (χ1n) is 6.04. The summed E-state index contributed by atoms with van der Waals surface area (Å²) < 4.78 is 0. The van der Waals surface area contributed by atoms with Crippen LogP contribution in [0.1, 0.15) is 29.1 Å². The molecule has 2 rings (SSSR count). The van der Waals surface area contributed by atoms with Crippen LogP contribution in [0.2, 0.25) is 5.02 Å². The Morgan fingerprint density at radius 1 is 1.33 bits per heavy atom.